The molecular weight excluding hydrogens is 447 g/mol. The average molecular weight is 496 g/mol. The maximum absolute atomic E-state index is 11.8. The first-order chi connectivity index (χ1) is 14.9. The molecule has 0 unspecified atom stereocenters. The molecule has 0 heterocycles. The average Bonchev–Trinajstić information content (AvgIpc) is 2.64. The molecule has 1 aromatic rings. The molecule has 188 valence electrons. The van der Waals surface area contributed by atoms with Crippen molar-refractivity contribution >= 4 is 33.7 Å². The van der Waals surface area contributed by atoms with Gasteiger partial charge in [-0.2, -0.15) is 13.9 Å². The number of rotatable bonds is 12. The molecular formula is C27H48O4PSi+. The predicted octanol–water partition coefficient (Wildman–Crippen LogP) is 7.89. The monoisotopic (exact) mass is 495 g/mol. The van der Waals surface area contributed by atoms with Crippen molar-refractivity contribution in [2.24, 2.45) is 0 Å². The van der Waals surface area contributed by atoms with Gasteiger partial charge in [0.1, 0.15) is 12.2 Å². The van der Waals surface area contributed by atoms with Crippen molar-refractivity contribution < 1.29 is 18.4 Å². The van der Waals surface area contributed by atoms with E-state index in [0.29, 0.717) is 11.9 Å². The Morgan fingerprint density at radius 2 is 1.48 bits per heavy atom. The molecule has 1 aromatic carbocycles. The minimum atomic E-state index is -3.37. The molecule has 0 aromatic heterocycles. The first-order valence-corrected chi connectivity index (χ1v) is 16.5. The standard InChI is InChI=1S/C27H48O4PSi/c1-14-22-18-23(15-2)25(24(19-22)32(28,30-20(3)4)31-21(5)6)27(10,11)16-17-29-33(12,13)26(7,8)9/h14-15,18-21,28H,1-2,16-17H2,3-13H3/q+1. The Bertz CT molecular complexity index is 812. The van der Waals surface area contributed by atoms with Gasteiger partial charge in [0.05, 0.1) is 0 Å². The van der Waals surface area contributed by atoms with E-state index in [4.69, 9.17) is 13.5 Å². The molecule has 0 spiro atoms. The van der Waals surface area contributed by atoms with Crippen molar-refractivity contribution in [3.05, 3.63) is 42.0 Å². The first-order valence-electron chi connectivity index (χ1n) is 12.0. The normalized spacial score (nSPS) is 13.6. The fourth-order valence-corrected chi connectivity index (χ4v) is 7.01. The van der Waals surface area contributed by atoms with Gasteiger partial charge in [-0.25, -0.2) is 0 Å². The third kappa shape index (κ3) is 7.85. The quantitative estimate of drug-likeness (QED) is 0.236. The van der Waals surface area contributed by atoms with Crippen LogP contribution in [0.3, 0.4) is 0 Å². The molecule has 0 saturated carbocycles. The van der Waals surface area contributed by atoms with Crippen molar-refractivity contribution in [1.29, 1.82) is 0 Å². The molecule has 4 nitrogen and oxygen atoms in total. The predicted molar refractivity (Wildman–Crippen MR) is 149 cm³/mol. The Balaban J connectivity index is 3.60. The van der Waals surface area contributed by atoms with E-state index in [1.807, 2.05) is 39.8 Å². The van der Waals surface area contributed by atoms with Gasteiger partial charge in [-0.15, -0.1) is 0 Å². The van der Waals surface area contributed by atoms with Crippen molar-refractivity contribution in [2.75, 3.05) is 6.61 Å². The van der Waals surface area contributed by atoms with Crippen LogP contribution in [0.5, 0.6) is 0 Å². The molecule has 0 radical (unpaired) electrons. The second-order valence-corrected chi connectivity index (χ2v) is 18.2. The van der Waals surface area contributed by atoms with Crippen molar-refractivity contribution in [2.45, 2.75) is 104 Å². The molecule has 0 aliphatic rings. The van der Waals surface area contributed by atoms with Gasteiger partial charge >= 0.3 is 7.94 Å². The lowest BCUT2D eigenvalue weighted by Gasteiger charge is -2.38. The van der Waals surface area contributed by atoms with E-state index >= 15 is 0 Å². The molecule has 33 heavy (non-hydrogen) atoms. The second-order valence-electron chi connectivity index (χ2n) is 11.5. The topological polar surface area (TPSA) is 47.9 Å². The SMILES string of the molecule is C=Cc1cc(C=C)c(C(C)(C)CCO[Si](C)(C)C(C)(C)C)c([P+](O)(OC(C)C)OC(C)C)c1. The van der Waals surface area contributed by atoms with E-state index in [9.17, 15) is 4.89 Å². The molecule has 0 bridgehead atoms. The van der Waals surface area contributed by atoms with Crippen LogP contribution in [0.15, 0.2) is 25.3 Å². The summed E-state index contributed by atoms with van der Waals surface area (Å²) in [6.07, 6.45) is 4.03. The Hall–Kier alpha value is -0.813. The summed E-state index contributed by atoms with van der Waals surface area (Å²) in [6, 6.07) is 4.02. The lowest BCUT2D eigenvalue weighted by Crippen LogP contribution is -2.42. The fourth-order valence-electron chi connectivity index (χ4n) is 3.52. The second kappa shape index (κ2) is 11.3. The highest BCUT2D eigenvalue weighted by Crippen LogP contribution is 2.59. The van der Waals surface area contributed by atoms with Gasteiger partial charge in [-0.1, -0.05) is 59.9 Å². The highest BCUT2D eigenvalue weighted by molar-refractivity contribution is 7.68. The van der Waals surface area contributed by atoms with Gasteiger partial charge in [0, 0.05) is 12.2 Å². The third-order valence-electron chi connectivity index (χ3n) is 6.31. The number of hydrogen-bond acceptors (Lipinski definition) is 4. The lowest BCUT2D eigenvalue weighted by molar-refractivity contribution is 0.126. The summed E-state index contributed by atoms with van der Waals surface area (Å²) in [5, 5.41) is 0.858. The van der Waals surface area contributed by atoms with Gasteiger partial charge in [0.2, 0.25) is 0 Å². The van der Waals surface area contributed by atoms with Crippen LogP contribution in [-0.4, -0.2) is 32.0 Å². The summed E-state index contributed by atoms with van der Waals surface area (Å²) >= 11 is 0. The van der Waals surface area contributed by atoms with Crippen LogP contribution < -0.4 is 5.30 Å². The van der Waals surface area contributed by atoms with Crippen LogP contribution in [0.2, 0.25) is 18.1 Å². The van der Waals surface area contributed by atoms with E-state index in [1.165, 1.54) is 0 Å². The van der Waals surface area contributed by atoms with Gasteiger partial charge < -0.3 is 4.43 Å². The molecule has 1 rings (SSSR count). The zero-order chi connectivity index (χ0) is 25.8. The Labute approximate surface area is 205 Å². The van der Waals surface area contributed by atoms with Crippen LogP contribution >= 0.6 is 7.94 Å². The Kier molecular flexibility index (Phi) is 10.3. The Morgan fingerprint density at radius 3 is 1.88 bits per heavy atom. The van der Waals surface area contributed by atoms with E-state index in [2.05, 4.69) is 66.9 Å². The van der Waals surface area contributed by atoms with E-state index in [-0.39, 0.29) is 22.7 Å². The molecule has 0 saturated heterocycles. The lowest BCUT2D eigenvalue weighted by atomic mass is 9.78. The van der Waals surface area contributed by atoms with Crippen molar-refractivity contribution in [3.63, 3.8) is 0 Å². The fraction of sp³-hybridized carbons (Fsp3) is 0.630. The summed E-state index contributed by atoms with van der Waals surface area (Å²) in [5.74, 6) is 0. The molecule has 0 amide bonds. The minimum Gasteiger partial charge on any atom is -0.417 e. The number of benzene rings is 1. The summed E-state index contributed by atoms with van der Waals surface area (Å²) in [4.78, 5) is 11.8. The third-order valence-corrected chi connectivity index (χ3v) is 13.2. The van der Waals surface area contributed by atoms with Gasteiger partial charge in [-0.05, 0) is 80.9 Å². The van der Waals surface area contributed by atoms with Crippen LogP contribution in [-0.2, 0) is 18.9 Å². The molecule has 0 aliphatic heterocycles. The van der Waals surface area contributed by atoms with Gasteiger partial charge in [0.15, 0.2) is 13.6 Å². The number of hydrogen-bond donors (Lipinski definition) is 1. The summed E-state index contributed by atoms with van der Waals surface area (Å²) < 4.78 is 18.8. The van der Waals surface area contributed by atoms with Crippen LogP contribution in [0.4, 0.5) is 0 Å². The van der Waals surface area contributed by atoms with Gasteiger partial charge in [0.25, 0.3) is 0 Å². The molecule has 0 fully saturated rings. The molecule has 6 heteroatoms. The maximum atomic E-state index is 11.8. The largest absolute Gasteiger partial charge is 0.446 e. The Morgan fingerprint density at radius 1 is 0.970 bits per heavy atom. The smallest absolute Gasteiger partial charge is 0.417 e. The maximum Gasteiger partial charge on any atom is 0.446 e. The zero-order valence-electron chi connectivity index (χ0n) is 22.9. The van der Waals surface area contributed by atoms with Gasteiger partial charge in [-0.3, -0.25) is 0 Å². The van der Waals surface area contributed by atoms with Crippen LogP contribution in [0.25, 0.3) is 12.2 Å². The highest BCUT2D eigenvalue weighted by atomic mass is 31.2. The minimum absolute atomic E-state index is 0.155. The van der Waals surface area contributed by atoms with Crippen molar-refractivity contribution in [1.82, 2.24) is 0 Å². The summed E-state index contributed by atoms with van der Waals surface area (Å²) in [5.41, 5.74) is 2.54. The van der Waals surface area contributed by atoms with E-state index in [0.717, 1.165) is 23.1 Å². The van der Waals surface area contributed by atoms with Crippen LogP contribution in [0.1, 0.15) is 85.4 Å². The first kappa shape index (κ1) is 30.2. The molecule has 0 aliphatic carbocycles. The molecule has 0 atom stereocenters. The highest BCUT2D eigenvalue weighted by Gasteiger charge is 2.51. The van der Waals surface area contributed by atoms with Crippen LogP contribution in [0, 0.1) is 0 Å². The molecule has 1 N–H and O–H groups in total. The van der Waals surface area contributed by atoms with E-state index < -0.39 is 16.3 Å². The summed E-state index contributed by atoms with van der Waals surface area (Å²) in [6.45, 7) is 32.0. The van der Waals surface area contributed by atoms with E-state index in [1.54, 1.807) is 6.08 Å². The summed E-state index contributed by atoms with van der Waals surface area (Å²) in [7, 11) is -5.23. The van der Waals surface area contributed by atoms with Crippen molar-refractivity contribution in [3.8, 4) is 0 Å². The zero-order valence-corrected chi connectivity index (χ0v) is 24.8.